The molecule has 2 aliphatic rings. The maximum absolute atomic E-state index is 12.8. The molecule has 0 radical (unpaired) electrons. The fourth-order valence-electron chi connectivity index (χ4n) is 4.69. The maximum atomic E-state index is 12.8. The summed E-state index contributed by atoms with van der Waals surface area (Å²) < 4.78 is 0. The molecule has 1 aliphatic carbocycles. The van der Waals surface area contributed by atoms with Gasteiger partial charge in [0, 0.05) is 30.2 Å². The van der Waals surface area contributed by atoms with Crippen LogP contribution in [0.5, 0.6) is 0 Å². The molecule has 5 heteroatoms. The molecule has 2 heterocycles. The van der Waals surface area contributed by atoms with Crippen LogP contribution in [0.15, 0.2) is 30.5 Å². The van der Waals surface area contributed by atoms with E-state index in [0.717, 1.165) is 24.2 Å². The van der Waals surface area contributed by atoms with E-state index in [1.807, 2.05) is 23.2 Å². The number of halogens is 1. The van der Waals surface area contributed by atoms with E-state index in [1.165, 1.54) is 43.9 Å². The zero-order valence-corrected chi connectivity index (χ0v) is 15.5. The molecule has 136 valence electrons. The van der Waals surface area contributed by atoms with Crippen molar-refractivity contribution in [3.8, 4) is 0 Å². The van der Waals surface area contributed by atoms with Crippen LogP contribution in [-0.4, -0.2) is 34.9 Å². The minimum atomic E-state index is -0.442. The van der Waals surface area contributed by atoms with Crippen molar-refractivity contribution in [1.29, 1.82) is 0 Å². The molecule has 1 saturated heterocycles. The number of likely N-dealkylation sites (tertiary alicyclic amines) is 1. The van der Waals surface area contributed by atoms with Gasteiger partial charge in [0.25, 0.3) is 0 Å². The zero-order chi connectivity index (χ0) is 16.6. The van der Waals surface area contributed by atoms with Crippen LogP contribution in [0, 0.1) is 5.41 Å². The molecule has 1 aromatic carbocycles. The van der Waals surface area contributed by atoms with E-state index < -0.39 is 6.04 Å². The number of hydrogen-bond donors (Lipinski definition) is 2. The Morgan fingerprint density at radius 2 is 1.96 bits per heavy atom. The molecule has 1 saturated carbocycles. The number of H-pyrrole nitrogens is 1. The van der Waals surface area contributed by atoms with E-state index in [4.69, 9.17) is 5.73 Å². The summed E-state index contributed by atoms with van der Waals surface area (Å²) in [5, 5.41) is 1.17. The molecule has 2 fully saturated rings. The minimum absolute atomic E-state index is 0. The number of nitrogens with one attached hydrogen (secondary N) is 1. The average molecular weight is 362 g/mol. The number of aromatic nitrogens is 1. The van der Waals surface area contributed by atoms with Crippen molar-refractivity contribution in [1.82, 2.24) is 9.88 Å². The largest absolute Gasteiger partial charge is 0.361 e. The highest BCUT2D eigenvalue weighted by Crippen LogP contribution is 2.43. The van der Waals surface area contributed by atoms with Crippen LogP contribution in [0.3, 0.4) is 0 Å². The van der Waals surface area contributed by atoms with Gasteiger partial charge in [0.15, 0.2) is 0 Å². The Morgan fingerprint density at radius 3 is 2.76 bits per heavy atom. The Kier molecular flexibility index (Phi) is 5.40. The van der Waals surface area contributed by atoms with Gasteiger partial charge >= 0.3 is 0 Å². The number of carbonyl (C=O) groups is 1. The first-order valence-electron chi connectivity index (χ1n) is 9.26. The second-order valence-corrected chi connectivity index (χ2v) is 7.74. The van der Waals surface area contributed by atoms with Crippen LogP contribution in [0.4, 0.5) is 0 Å². The van der Waals surface area contributed by atoms with Crippen molar-refractivity contribution < 1.29 is 4.79 Å². The van der Waals surface area contributed by atoms with Crippen molar-refractivity contribution >= 4 is 29.2 Å². The zero-order valence-electron chi connectivity index (χ0n) is 14.7. The van der Waals surface area contributed by atoms with Crippen LogP contribution in [0.1, 0.15) is 44.1 Å². The third-order valence-electron chi connectivity index (χ3n) is 6.10. The first-order valence-corrected chi connectivity index (χ1v) is 9.26. The van der Waals surface area contributed by atoms with Gasteiger partial charge in [-0.25, -0.2) is 0 Å². The molecular formula is C20H28ClN3O. The van der Waals surface area contributed by atoms with Crippen molar-refractivity contribution in [3.63, 3.8) is 0 Å². The van der Waals surface area contributed by atoms with Crippen molar-refractivity contribution in [2.45, 2.75) is 51.0 Å². The normalized spacial score (nSPS) is 20.6. The van der Waals surface area contributed by atoms with Crippen LogP contribution in [0.2, 0.25) is 0 Å². The Labute approximate surface area is 155 Å². The van der Waals surface area contributed by atoms with E-state index in [1.54, 1.807) is 0 Å². The van der Waals surface area contributed by atoms with Crippen molar-refractivity contribution in [3.05, 3.63) is 36.0 Å². The monoisotopic (exact) mass is 361 g/mol. The fourth-order valence-corrected chi connectivity index (χ4v) is 4.69. The molecule has 0 bridgehead atoms. The van der Waals surface area contributed by atoms with E-state index >= 15 is 0 Å². The third kappa shape index (κ3) is 3.56. The van der Waals surface area contributed by atoms with Crippen molar-refractivity contribution in [2.24, 2.45) is 11.1 Å². The molecule has 2 aromatic rings. The molecule has 1 atom stereocenters. The lowest BCUT2D eigenvalue weighted by molar-refractivity contribution is -0.132. The highest BCUT2D eigenvalue weighted by Gasteiger charge is 2.41. The first kappa shape index (κ1) is 18.3. The summed E-state index contributed by atoms with van der Waals surface area (Å²) in [6.45, 7) is 1.81. The number of nitrogens with zero attached hydrogens (tertiary/aromatic N) is 1. The minimum Gasteiger partial charge on any atom is -0.361 e. The number of para-hydroxylation sites is 1. The maximum Gasteiger partial charge on any atom is 0.239 e. The SMILES string of the molecule is Cl.N[C@@H](Cc1c[nH]c2ccccc12)C(=O)N1CCC2(CCCCC2)C1. The van der Waals surface area contributed by atoms with Crippen LogP contribution >= 0.6 is 12.4 Å². The molecule has 0 unspecified atom stereocenters. The Morgan fingerprint density at radius 1 is 1.20 bits per heavy atom. The number of nitrogens with two attached hydrogens (primary N) is 1. The van der Waals surface area contributed by atoms with Crippen LogP contribution in [-0.2, 0) is 11.2 Å². The van der Waals surface area contributed by atoms with E-state index in [0.29, 0.717) is 11.8 Å². The molecule has 25 heavy (non-hydrogen) atoms. The lowest BCUT2D eigenvalue weighted by atomic mass is 9.73. The lowest BCUT2D eigenvalue weighted by Crippen LogP contribution is -2.44. The summed E-state index contributed by atoms with van der Waals surface area (Å²) in [7, 11) is 0. The van der Waals surface area contributed by atoms with E-state index in [2.05, 4.69) is 17.1 Å². The summed E-state index contributed by atoms with van der Waals surface area (Å²) in [6, 6.07) is 7.75. The topological polar surface area (TPSA) is 62.1 Å². The molecule has 1 aliphatic heterocycles. The van der Waals surface area contributed by atoms with E-state index in [9.17, 15) is 4.79 Å². The quantitative estimate of drug-likeness (QED) is 0.876. The molecule has 1 amide bonds. The molecular weight excluding hydrogens is 334 g/mol. The van der Waals surface area contributed by atoms with Gasteiger partial charge in [-0.2, -0.15) is 0 Å². The fraction of sp³-hybridized carbons (Fsp3) is 0.550. The van der Waals surface area contributed by atoms with Gasteiger partial charge in [0.1, 0.15) is 0 Å². The second kappa shape index (κ2) is 7.38. The lowest BCUT2D eigenvalue weighted by Gasteiger charge is -2.33. The number of fused-ring (bicyclic) bond motifs is 1. The standard InChI is InChI=1S/C20H27N3O.ClH/c21-17(12-15-13-22-18-7-3-2-6-16(15)18)19(24)23-11-10-20(14-23)8-4-1-5-9-20;/h2-3,6-7,13,17,22H,1,4-5,8-12,14,21H2;1H/t17-;/m0./s1. The Hall–Kier alpha value is -1.52. The number of hydrogen-bond acceptors (Lipinski definition) is 2. The Balaban J connectivity index is 0.00000182. The van der Waals surface area contributed by atoms with Gasteiger partial charge in [-0.15, -0.1) is 12.4 Å². The predicted molar refractivity (Wildman–Crippen MR) is 104 cm³/mol. The number of aromatic amines is 1. The smallest absolute Gasteiger partial charge is 0.239 e. The number of benzene rings is 1. The highest BCUT2D eigenvalue weighted by molar-refractivity contribution is 5.86. The third-order valence-corrected chi connectivity index (χ3v) is 6.10. The summed E-state index contributed by atoms with van der Waals surface area (Å²) in [6.07, 6.45) is 10.3. The predicted octanol–water partition coefficient (Wildman–Crippen LogP) is 3.64. The molecule has 4 nitrogen and oxygen atoms in total. The van der Waals surface area contributed by atoms with Gasteiger partial charge in [-0.05, 0) is 42.7 Å². The van der Waals surface area contributed by atoms with Gasteiger partial charge in [-0.1, -0.05) is 37.5 Å². The van der Waals surface area contributed by atoms with Crippen LogP contribution < -0.4 is 5.73 Å². The van der Waals surface area contributed by atoms with Gasteiger partial charge < -0.3 is 15.6 Å². The number of carbonyl (C=O) groups excluding carboxylic acids is 1. The van der Waals surface area contributed by atoms with Gasteiger partial charge in [0.05, 0.1) is 6.04 Å². The molecule has 4 rings (SSSR count). The molecule has 1 aromatic heterocycles. The van der Waals surface area contributed by atoms with Crippen LogP contribution in [0.25, 0.3) is 10.9 Å². The second-order valence-electron chi connectivity index (χ2n) is 7.74. The first-order chi connectivity index (χ1) is 11.7. The summed E-state index contributed by atoms with van der Waals surface area (Å²) in [4.78, 5) is 18.1. The Bertz CT molecular complexity index is 735. The molecule has 1 spiro atoms. The summed E-state index contributed by atoms with van der Waals surface area (Å²) in [5.41, 5.74) is 8.93. The number of rotatable bonds is 3. The van der Waals surface area contributed by atoms with Gasteiger partial charge in [0.2, 0.25) is 5.91 Å². The summed E-state index contributed by atoms with van der Waals surface area (Å²) in [5.74, 6) is 0.128. The summed E-state index contributed by atoms with van der Waals surface area (Å²) >= 11 is 0. The number of amides is 1. The van der Waals surface area contributed by atoms with E-state index in [-0.39, 0.29) is 18.3 Å². The average Bonchev–Trinajstić information content (AvgIpc) is 3.20. The van der Waals surface area contributed by atoms with Crippen molar-refractivity contribution in [2.75, 3.05) is 13.1 Å². The molecule has 3 N–H and O–H groups in total. The van der Waals surface area contributed by atoms with Gasteiger partial charge in [-0.3, -0.25) is 4.79 Å². The highest BCUT2D eigenvalue weighted by atomic mass is 35.5.